The monoisotopic (exact) mass is 200 g/mol. The van der Waals surface area contributed by atoms with Crippen LogP contribution in [0.2, 0.25) is 0 Å². The van der Waals surface area contributed by atoms with Gasteiger partial charge in [-0.05, 0) is 40.3 Å². The van der Waals surface area contributed by atoms with Gasteiger partial charge >= 0.3 is 0 Å². The normalized spacial score (nSPS) is 27.2. The van der Waals surface area contributed by atoms with E-state index in [2.05, 4.69) is 24.1 Å². The Hall–Kier alpha value is -0.120. The molecule has 0 aromatic rings. The zero-order chi connectivity index (χ0) is 10.4. The van der Waals surface area contributed by atoms with Crippen molar-refractivity contribution in [2.75, 3.05) is 33.3 Å². The molecular formula is C11H24N2O. The molecule has 0 bridgehead atoms. The lowest BCUT2D eigenvalue weighted by atomic mass is 10.2. The van der Waals surface area contributed by atoms with Gasteiger partial charge in [-0.25, -0.2) is 0 Å². The lowest BCUT2D eigenvalue weighted by Gasteiger charge is -2.28. The van der Waals surface area contributed by atoms with Gasteiger partial charge in [0, 0.05) is 25.7 Å². The highest BCUT2D eigenvalue weighted by Crippen LogP contribution is 2.10. The van der Waals surface area contributed by atoms with Crippen LogP contribution < -0.4 is 5.32 Å². The van der Waals surface area contributed by atoms with Crippen LogP contribution in [0.25, 0.3) is 0 Å². The second kappa shape index (κ2) is 6.38. The van der Waals surface area contributed by atoms with Crippen LogP contribution in [-0.4, -0.2) is 50.3 Å². The van der Waals surface area contributed by atoms with Crippen LogP contribution in [0.1, 0.15) is 26.7 Å². The van der Waals surface area contributed by atoms with Gasteiger partial charge in [0.25, 0.3) is 0 Å². The van der Waals surface area contributed by atoms with E-state index in [-0.39, 0.29) is 0 Å². The summed E-state index contributed by atoms with van der Waals surface area (Å²) in [6, 6.07) is 0.673. The van der Waals surface area contributed by atoms with Crippen molar-refractivity contribution in [3.8, 4) is 0 Å². The molecule has 3 nitrogen and oxygen atoms in total. The second-order valence-corrected chi connectivity index (χ2v) is 4.27. The molecule has 2 unspecified atom stereocenters. The van der Waals surface area contributed by atoms with E-state index in [0.717, 1.165) is 19.7 Å². The molecule has 0 aromatic heterocycles. The van der Waals surface area contributed by atoms with Crippen LogP contribution in [0.15, 0.2) is 0 Å². The van der Waals surface area contributed by atoms with Crippen molar-refractivity contribution in [2.24, 2.45) is 0 Å². The van der Waals surface area contributed by atoms with Crippen molar-refractivity contribution >= 4 is 0 Å². The first-order valence-electron chi connectivity index (χ1n) is 5.74. The highest BCUT2D eigenvalue weighted by Gasteiger charge is 2.19. The zero-order valence-electron chi connectivity index (χ0n) is 9.75. The van der Waals surface area contributed by atoms with Crippen LogP contribution in [0, 0.1) is 0 Å². The van der Waals surface area contributed by atoms with Crippen molar-refractivity contribution in [2.45, 2.75) is 38.8 Å². The Kier molecular flexibility index (Phi) is 5.45. The molecule has 0 saturated carbocycles. The summed E-state index contributed by atoms with van der Waals surface area (Å²) < 4.78 is 5.63. The third-order valence-corrected chi connectivity index (χ3v) is 2.92. The molecule has 1 fully saturated rings. The Morgan fingerprint density at radius 1 is 1.57 bits per heavy atom. The van der Waals surface area contributed by atoms with E-state index < -0.39 is 0 Å². The number of rotatable bonds is 4. The van der Waals surface area contributed by atoms with Crippen LogP contribution in [-0.2, 0) is 4.74 Å². The Morgan fingerprint density at radius 3 is 3.07 bits per heavy atom. The molecular weight excluding hydrogens is 176 g/mol. The summed E-state index contributed by atoms with van der Waals surface area (Å²) in [6.45, 7) is 8.79. The first-order chi connectivity index (χ1) is 6.74. The standard InChI is InChI=1S/C11H24N2O/c1-10(5-6-12-3)13-7-4-8-14-11(2)9-13/h10-12H,4-9H2,1-3H3. The first-order valence-corrected chi connectivity index (χ1v) is 5.74. The van der Waals surface area contributed by atoms with Crippen molar-refractivity contribution in [3.63, 3.8) is 0 Å². The van der Waals surface area contributed by atoms with Gasteiger partial charge in [0.2, 0.25) is 0 Å². The topological polar surface area (TPSA) is 24.5 Å². The number of hydrogen-bond acceptors (Lipinski definition) is 3. The van der Waals surface area contributed by atoms with Gasteiger partial charge in [0.05, 0.1) is 6.10 Å². The maximum atomic E-state index is 5.63. The minimum atomic E-state index is 0.398. The minimum absolute atomic E-state index is 0.398. The van der Waals surface area contributed by atoms with Gasteiger partial charge in [-0.2, -0.15) is 0 Å². The Bertz CT molecular complexity index is 152. The van der Waals surface area contributed by atoms with Gasteiger partial charge < -0.3 is 10.1 Å². The maximum absolute atomic E-state index is 5.63. The van der Waals surface area contributed by atoms with Crippen LogP contribution >= 0.6 is 0 Å². The van der Waals surface area contributed by atoms with Gasteiger partial charge in [0.15, 0.2) is 0 Å². The number of hydrogen-bond donors (Lipinski definition) is 1. The molecule has 0 aromatic carbocycles. The van der Waals surface area contributed by atoms with Crippen LogP contribution in [0.4, 0.5) is 0 Å². The van der Waals surface area contributed by atoms with Crippen molar-refractivity contribution in [1.82, 2.24) is 10.2 Å². The molecule has 0 amide bonds. The van der Waals surface area contributed by atoms with Crippen molar-refractivity contribution in [1.29, 1.82) is 0 Å². The first kappa shape index (κ1) is 12.0. The molecule has 2 atom stereocenters. The lowest BCUT2D eigenvalue weighted by molar-refractivity contribution is 0.0614. The lowest BCUT2D eigenvalue weighted by Crippen LogP contribution is -2.38. The third kappa shape index (κ3) is 3.95. The van der Waals surface area contributed by atoms with E-state index in [9.17, 15) is 0 Å². The Balaban J connectivity index is 2.32. The quantitative estimate of drug-likeness (QED) is 0.735. The highest BCUT2D eigenvalue weighted by molar-refractivity contribution is 4.73. The van der Waals surface area contributed by atoms with Gasteiger partial charge in [0.1, 0.15) is 0 Å². The fourth-order valence-electron chi connectivity index (χ4n) is 1.96. The molecule has 3 heteroatoms. The predicted molar refractivity (Wildman–Crippen MR) is 59.6 cm³/mol. The van der Waals surface area contributed by atoms with Crippen molar-refractivity contribution < 1.29 is 4.74 Å². The van der Waals surface area contributed by atoms with E-state index >= 15 is 0 Å². The van der Waals surface area contributed by atoms with E-state index in [1.54, 1.807) is 0 Å². The summed E-state index contributed by atoms with van der Waals surface area (Å²) in [5.74, 6) is 0. The molecule has 84 valence electrons. The fourth-order valence-corrected chi connectivity index (χ4v) is 1.96. The molecule has 0 radical (unpaired) electrons. The Morgan fingerprint density at radius 2 is 2.36 bits per heavy atom. The van der Waals surface area contributed by atoms with Gasteiger partial charge in [-0.1, -0.05) is 0 Å². The van der Waals surface area contributed by atoms with Crippen LogP contribution in [0.5, 0.6) is 0 Å². The molecule has 1 saturated heterocycles. The average molecular weight is 200 g/mol. The predicted octanol–water partition coefficient (Wildman–Crippen LogP) is 1.10. The number of nitrogens with zero attached hydrogens (tertiary/aromatic N) is 1. The number of ether oxygens (including phenoxy) is 1. The summed E-state index contributed by atoms with van der Waals surface area (Å²) in [6.07, 6.45) is 2.80. The molecule has 1 rings (SSSR count). The largest absolute Gasteiger partial charge is 0.377 e. The van der Waals surface area contributed by atoms with Crippen molar-refractivity contribution in [3.05, 3.63) is 0 Å². The van der Waals surface area contributed by atoms with E-state index in [1.165, 1.54) is 19.4 Å². The van der Waals surface area contributed by atoms with E-state index in [1.807, 2.05) is 7.05 Å². The van der Waals surface area contributed by atoms with E-state index in [4.69, 9.17) is 4.74 Å². The summed E-state index contributed by atoms with van der Waals surface area (Å²) in [5.41, 5.74) is 0. The molecule has 1 aliphatic heterocycles. The minimum Gasteiger partial charge on any atom is -0.377 e. The van der Waals surface area contributed by atoms with Gasteiger partial charge in [-0.15, -0.1) is 0 Å². The zero-order valence-corrected chi connectivity index (χ0v) is 9.75. The van der Waals surface area contributed by atoms with Crippen LogP contribution in [0.3, 0.4) is 0 Å². The molecule has 0 spiro atoms. The smallest absolute Gasteiger partial charge is 0.0673 e. The van der Waals surface area contributed by atoms with Gasteiger partial charge in [-0.3, -0.25) is 4.90 Å². The summed E-state index contributed by atoms with van der Waals surface area (Å²) in [7, 11) is 2.01. The fraction of sp³-hybridized carbons (Fsp3) is 1.00. The number of nitrogens with one attached hydrogen (secondary N) is 1. The molecule has 0 aliphatic carbocycles. The highest BCUT2D eigenvalue weighted by atomic mass is 16.5. The molecule has 14 heavy (non-hydrogen) atoms. The maximum Gasteiger partial charge on any atom is 0.0673 e. The molecule has 1 aliphatic rings. The average Bonchev–Trinajstić information content (AvgIpc) is 2.39. The molecule has 1 N–H and O–H groups in total. The van der Waals surface area contributed by atoms with E-state index in [0.29, 0.717) is 12.1 Å². The second-order valence-electron chi connectivity index (χ2n) is 4.27. The third-order valence-electron chi connectivity index (χ3n) is 2.92. The summed E-state index contributed by atoms with van der Waals surface area (Å²) in [5, 5.41) is 3.21. The summed E-state index contributed by atoms with van der Waals surface area (Å²) >= 11 is 0. The SMILES string of the molecule is CNCCC(C)N1CCCOC(C)C1. The molecule has 1 heterocycles. The summed E-state index contributed by atoms with van der Waals surface area (Å²) in [4.78, 5) is 2.55. The Labute approximate surface area is 87.8 Å².